The monoisotopic (exact) mass is 370 g/mol. The molecule has 0 aromatic heterocycles. The minimum Gasteiger partial charge on any atom is -0.493 e. The van der Waals surface area contributed by atoms with E-state index in [1.54, 1.807) is 18.2 Å². The van der Waals surface area contributed by atoms with Crippen LogP contribution in [0, 0.1) is 6.92 Å². The normalized spacial score (nSPS) is 10.4. The smallest absolute Gasteiger partial charge is 0.258 e. The van der Waals surface area contributed by atoms with Crippen molar-refractivity contribution in [3.8, 4) is 11.5 Å². The molecule has 0 atom stereocenters. The Kier molecular flexibility index (Phi) is 7.23. The molecule has 2 amide bonds. The maximum atomic E-state index is 12.4. The number of benzene rings is 2. The van der Waals surface area contributed by atoms with E-state index in [0.717, 1.165) is 11.1 Å². The highest BCUT2D eigenvalue weighted by atomic mass is 16.5. The van der Waals surface area contributed by atoms with Crippen LogP contribution in [0.1, 0.15) is 35.3 Å². The van der Waals surface area contributed by atoms with Crippen LogP contribution in [0.25, 0.3) is 0 Å². The molecule has 0 aliphatic rings. The fourth-order valence-electron chi connectivity index (χ4n) is 2.54. The van der Waals surface area contributed by atoms with Gasteiger partial charge >= 0.3 is 0 Å². The third kappa shape index (κ3) is 6.33. The van der Waals surface area contributed by atoms with Gasteiger partial charge in [0.25, 0.3) is 11.8 Å². The first kappa shape index (κ1) is 20.3. The van der Waals surface area contributed by atoms with Gasteiger partial charge in [-0.05, 0) is 44.5 Å². The number of amides is 2. The number of ether oxygens (including phenoxy) is 2. The Morgan fingerprint density at radius 2 is 1.85 bits per heavy atom. The minimum absolute atomic E-state index is 0.0440. The lowest BCUT2D eigenvalue weighted by Crippen LogP contribution is -2.34. The Morgan fingerprint density at radius 3 is 2.52 bits per heavy atom. The number of carbonyl (C=O) groups excluding carboxylic acids is 2. The molecule has 0 bridgehead atoms. The largest absolute Gasteiger partial charge is 0.493 e. The van der Waals surface area contributed by atoms with Crippen molar-refractivity contribution in [1.29, 1.82) is 0 Å². The Labute approximate surface area is 159 Å². The first-order valence-corrected chi connectivity index (χ1v) is 8.83. The summed E-state index contributed by atoms with van der Waals surface area (Å²) in [6.07, 6.45) is 0. The van der Waals surface area contributed by atoms with Crippen LogP contribution in [0.2, 0.25) is 0 Å². The molecule has 6 nitrogen and oxygen atoms in total. The zero-order valence-corrected chi connectivity index (χ0v) is 16.2. The van der Waals surface area contributed by atoms with E-state index in [-0.39, 0.29) is 24.5 Å². The van der Waals surface area contributed by atoms with Crippen LogP contribution in [-0.2, 0) is 11.3 Å². The number of hydrogen-bond donors (Lipinski definition) is 2. The van der Waals surface area contributed by atoms with Crippen LogP contribution in [0.15, 0.2) is 42.5 Å². The summed E-state index contributed by atoms with van der Waals surface area (Å²) < 4.78 is 10.8. The third-order valence-corrected chi connectivity index (χ3v) is 3.77. The third-order valence-electron chi connectivity index (χ3n) is 3.77. The van der Waals surface area contributed by atoms with Crippen molar-refractivity contribution in [2.24, 2.45) is 0 Å². The number of hydrogen-bond acceptors (Lipinski definition) is 4. The molecule has 0 heterocycles. The number of aryl methyl sites for hydroxylation is 1. The Bertz CT molecular complexity index is 803. The molecule has 0 saturated carbocycles. The van der Waals surface area contributed by atoms with Crippen molar-refractivity contribution in [1.82, 2.24) is 10.6 Å². The molecule has 0 saturated heterocycles. The SMILES string of the molecule is COc1cc(C(=O)NCc2cccc(C)c2)ccc1OCC(=O)NC(C)C. The van der Waals surface area contributed by atoms with Gasteiger partial charge in [-0.15, -0.1) is 0 Å². The molecule has 2 rings (SSSR count). The molecule has 0 fully saturated rings. The van der Waals surface area contributed by atoms with Crippen molar-refractivity contribution in [3.63, 3.8) is 0 Å². The molecule has 6 heteroatoms. The molecular weight excluding hydrogens is 344 g/mol. The van der Waals surface area contributed by atoms with Crippen LogP contribution in [-0.4, -0.2) is 31.6 Å². The first-order chi connectivity index (χ1) is 12.9. The average Bonchev–Trinajstić information content (AvgIpc) is 2.63. The lowest BCUT2D eigenvalue weighted by molar-refractivity contribution is -0.123. The number of methoxy groups -OCH3 is 1. The second-order valence-corrected chi connectivity index (χ2v) is 6.55. The summed E-state index contributed by atoms with van der Waals surface area (Å²) in [4.78, 5) is 24.1. The van der Waals surface area contributed by atoms with Gasteiger partial charge in [-0.1, -0.05) is 29.8 Å². The summed E-state index contributed by atoms with van der Waals surface area (Å²) in [6, 6.07) is 12.9. The number of nitrogens with one attached hydrogen (secondary N) is 2. The maximum absolute atomic E-state index is 12.4. The van der Waals surface area contributed by atoms with Crippen LogP contribution < -0.4 is 20.1 Å². The molecule has 0 unspecified atom stereocenters. The maximum Gasteiger partial charge on any atom is 0.258 e. The molecule has 2 N–H and O–H groups in total. The van der Waals surface area contributed by atoms with Gasteiger partial charge in [0.2, 0.25) is 0 Å². The van der Waals surface area contributed by atoms with Crippen molar-refractivity contribution in [2.45, 2.75) is 33.4 Å². The van der Waals surface area contributed by atoms with Crippen molar-refractivity contribution < 1.29 is 19.1 Å². The van der Waals surface area contributed by atoms with E-state index in [9.17, 15) is 9.59 Å². The topological polar surface area (TPSA) is 76.7 Å². The quantitative estimate of drug-likeness (QED) is 0.749. The molecule has 2 aromatic rings. The summed E-state index contributed by atoms with van der Waals surface area (Å²) >= 11 is 0. The van der Waals surface area contributed by atoms with Gasteiger partial charge in [0.05, 0.1) is 7.11 Å². The van der Waals surface area contributed by atoms with Crippen LogP contribution in [0.4, 0.5) is 0 Å². The first-order valence-electron chi connectivity index (χ1n) is 8.83. The molecule has 0 aliphatic heterocycles. The van der Waals surface area contributed by atoms with E-state index in [0.29, 0.717) is 23.6 Å². The van der Waals surface area contributed by atoms with Gasteiger partial charge in [-0.3, -0.25) is 9.59 Å². The van der Waals surface area contributed by atoms with Gasteiger partial charge in [0.1, 0.15) is 0 Å². The molecular formula is C21H26N2O4. The van der Waals surface area contributed by atoms with E-state index in [2.05, 4.69) is 10.6 Å². The van der Waals surface area contributed by atoms with Gasteiger partial charge in [-0.25, -0.2) is 0 Å². The predicted molar refractivity (Wildman–Crippen MR) is 104 cm³/mol. The average molecular weight is 370 g/mol. The summed E-state index contributed by atoms with van der Waals surface area (Å²) in [6.45, 7) is 6.09. The van der Waals surface area contributed by atoms with E-state index < -0.39 is 0 Å². The second-order valence-electron chi connectivity index (χ2n) is 6.55. The van der Waals surface area contributed by atoms with Gasteiger partial charge < -0.3 is 20.1 Å². The second kappa shape index (κ2) is 9.62. The van der Waals surface area contributed by atoms with Crippen molar-refractivity contribution in [2.75, 3.05) is 13.7 Å². The lowest BCUT2D eigenvalue weighted by atomic mass is 10.1. The Morgan fingerprint density at radius 1 is 1.07 bits per heavy atom. The van der Waals surface area contributed by atoms with Crippen molar-refractivity contribution in [3.05, 3.63) is 59.2 Å². The van der Waals surface area contributed by atoms with E-state index in [1.807, 2.05) is 45.0 Å². The predicted octanol–water partition coefficient (Wildman–Crippen LogP) is 2.84. The van der Waals surface area contributed by atoms with Crippen molar-refractivity contribution >= 4 is 11.8 Å². The Balaban J connectivity index is 1.99. The zero-order chi connectivity index (χ0) is 19.8. The molecule has 0 aliphatic carbocycles. The van der Waals surface area contributed by atoms with E-state index in [4.69, 9.17) is 9.47 Å². The van der Waals surface area contributed by atoms with E-state index >= 15 is 0 Å². The number of rotatable bonds is 8. The molecule has 2 aromatic carbocycles. The minimum atomic E-state index is -0.216. The van der Waals surface area contributed by atoms with Gasteiger partial charge in [-0.2, -0.15) is 0 Å². The fourth-order valence-corrected chi connectivity index (χ4v) is 2.54. The van der Waals surface area contributed by atoms with Crippen LogP contribution in [0.5, 0.6) is 11.5 Å². The summed E-state index contributed by atoms with van der Waals surface area (Å²) in [5, 5.41) is 5.63. The standard InChI is InChI=1S/C21H26N2O4/c1-14(2)23-20(24)13-27-18-9-8-17(11-19(18)26-4)21(25)22-12-16-7-5-6-15(3)10-16/h5-11,14H,12-13H2,1-4H3,(H,22,25)(H,23,24). The fraction of sp³-hybridized carbons (Fsp3) is 0.333. The highest BCUT2D eigenvalue weighted by molar-refractivity contribution is 5.94. The summed E-state index contributed by atoms with van der Waals surface area (Å²) in [7, 11) is 1.49. The van der Waals surface area contributed by atoms with Crippen LogP contribution in [0.3, 0.4) is 0 Å². The molecule has 144 valence electrons. The summed E-state index contributed by atoms with van der Waals surface area (Å²) in [5.41, 5.74) is 2.64. The van der Waals surface area contributed by atoms with Gasteiger partial charge in [0.15, 0.2) is 18.1 Å². The Hall–Kier alpha value is -3.02. The molecule has 0 radical (unpaired) electrons. The summed E-state index contributed by atoms with van der Waals surface area (Å²) in [5.74, 6) is 0.383. The highest BCUT2D eigenvalue weighted by Crippen LogP contribution is 2.28. The highest BCUT2D eigenvalue weighted by Gasteiger charge is 2.13. The van der Waals surface area contributed by atoms with Crippen LogP contribution >= 0.6 is 0 Å². The van der Waals surface area contributed by atoms with E-state index in [1.165, 1.54) is 7.11 Å². The van der Waals surface area contributed by atoms with Gasteiger partial charge in [0, 0.05) is 18.2 Å². The number of carbonyl (C=O) groups is 2. The zero-order valence-electron chi connectivity index (χ0n) is 16.2. The molecule has 27 heavy (non-hydrogen) atoms. The molecule has 0 spiro atoms. The lowest BCUT2D eigenvalue weighted by Gasteiger charge is -2.13.